The molecule has 7 heteroatoms. The third kappa shape index (κ3) is 3.31. The molecule has 0 bridgehead atoms. The predicted molar refractivity (Wildman–Crippen MR) is 67.6 cm³/mol. The molecule has 0 amide bonds. The SMILES string of the molecule is CCOC(=O)c1c(N)nsc1N(C)CCOC. The minimum Gasteiger partial charge on any atom is -0.462 e. The van der Waals surface area contributed by atoms with E-state index in [-0.39, 0.29) is 5.82 Å². The molecule has 1 rings (SSSR count). The third-order valence-electron chi connectivity index (χ3n) is 2.16. The Morgan fingerprint density at radius 3 is 2.88 bits per heavy atom. The zero-order valence-electron chi connectivity index (χ0n) is 10.2. The molecule has 1 heterocycles. The first-order chi connectivity index (χ1) is 8.11. The number of carbonyl (C=O) groups excluding carboxylic acids is 1. The van der Waals surface area contributed by atoms with Gasteiger partial charge in [0.05, 0.1) is 13.2 Å². The number of aromatic nitrogens is 1. The molecule has 0 saturated heterocycles. The highest BCUT2D eigenvalue weighted by Crippen LogP contribution is 2.30. The Hall–Kier alpha value is -1.34. The van der Waals surface area contributed by atoms with Gasteiger partial charge in [0, 0.05) is 20.7 Å². The number of rotatable bonds is 6. The summed E-state index contributed by atoms with van der Waals surface area (Å²) in [5.41, 5.74) is 6.02. The van der Waals surface area contributed by atoms with Crippen LogP contribution in [0.2, 0.25) is 0 Å². The maximum absolute atomic E-state index is 11.7. The number of esters is 1. The fourth-order valence-corrected chi connectivity index (χ4v) is 2.06. The number of nitrogens with two attached hydrogens (primary N) is 1. The van der Waals surface area contributed by atoms with Crippen molar-refractivity contribution in [2.24, 2.45) is 0 Å². The van der Waals surface area contributed by atoms with Crippen molar-refractivity contribution >= 4 is 28.3 Å². The van der Waals surface area contributed by atoms with E-state index in [4.69, 9.17) is 15.2 Å². The third-order valence-corrected chi connectivity index (χ3v) is 3.13. The first-order valence-electron chi connectivity index (χ1n) is 5.24. The van der Waals surface area contributed by atoms with Gasteiger partial charge < -0.3 is 20.1 Å². The molecular weight excluding hydrogens is 242 g/mol. The molecule has 0 aliphatic heterocycles. The summed E-state index contributed by atoms with van der Waals surface area (Å²) >= 11 is 1.18. The molecule has 6 nitrogen and oxygen atoms in total. The summed E-state index contributed by atoms with van der Waals surface area (Å²) in [7, 11) is 3.48. The second kappa shape index (κ2) is 6.41. The van der Waals surface area contributed by atoms with Gasteiger partial charge in [0.2, 0.25) is 0 Å². The van der Waals surface area contributed by atoms with Crippen LogP contribution in [0.4, 0.5) is 10.8 Å². The fraction of sp³-hybridized carbons (Fsp3) is 0.600. The lowest BCUT2D eigenvalue weighted by molar-refractivity contribution is 0.0528. The molecule has 0 radical (unpaired) electrons. The summed E-state index contributed by atoms with van der Waals surface area (Å²) in [4.78, 5) is 13.6. The van der Waals surface area contributed by atoms with Crippen molar-refractivity contribution in [3.63, 3.8) is 0 Å². The van der Waals surface area contributed by atoms with Crippen molar-refractivity contribution in [1.29, 1.82) is 0 Å². The fourth-order valence-electron chi connectivity index (χ4n) is 1.28. The van der Waals surface area contributed by atoms with Gasteiger partial charge in [-0.15, -0.1) is 0 Å². The Balaban J connectivity index is 2.88. The molecule has 0 aliphatic carbocycles. The number of methoxy groups -OCH3 is 1. The van der Waals surface area contributed by atoms with Crippen LogP contribution in [0, 0.1) is 0 Å². The largest absolute Gasteiger partial charge is 0.462 e. The average Bonchev–Trinajstić information content (AvgIpc) is 2.68. The van der Waals surface area contributed by atoms with Crippen LogP contribution in [0.3, 0.4) is 0 Å². The molecule has 17 heavy (non-hydrogen) atoms. The molecule has 0 atom stereocenters. The highest BCUT2D eigenvalue weighted by molar-refractivity contribution is 7.11. The van der Waals surface area contributed by atoms with E-state index in [1.54, 1.807) is 14.0 Å². The minimum absolute atomic E-state index is 0.215. The number of carbonyl (C=O) groups is 1. The Bertz CT molecular complexity index is 381. The summed E-state index contributed by atoms with van der Waals surface area (Å²) in [6.07, 6.45) is 0. The predicted octanol–water partition coefficient (Wildman–Crippen LogP) is 0.985. The van der Waals surface area contributed by atoms with E-state index in [0.717, 1.165) is 0 Å². The summed E-state index contributed by atoms with van der Waals surface area (Å²) < 4.78 is 13.9. The number of nitrogen functional groups attached to an aromatic ring is 1. The molecule has 0 unspecified atom stereocenters. The van der Waals surface area contributed by atoms with Crippen molar-refractivity contribution in [1.82, 2.24) is 4.37 Å². The number of hydrogen-bond acceptors (Lipinski definition) is 7. The quantitative estimate of drug-likeness (QED) is 0.767. The zero-order valence-corrected chi connectivity index (χ0v) is 11.0. The number of nitrogens with zero attached hydrogens (tertiary/aromatic N) is 2. The summed E-state index contributed by atoms with van der Waals surface area (Å²) in [5, 5.41) is 0.706. The monoisotopic (exact) mass is 259 g/mol. The van der Waals surface area contributed by atoms with Crippen molar-refractivity contribution in [2.45, 2.75) is 6.92 Å². The van der Waals surface area contributed by atoms with Crippen molar-refractivity contribution < 1.29 is 14.3 Å². The molecule has 0 fully saturated rings. The van der Waals surface area contributed by atoms with E-state index in [9.17, 15) is 4.79 Å². The van der Waals surface area contributed by atoms with E-state index in [1.165, 1.54) is 11.5 Å². The topological polar surface area (TPSA) is 77.7 Å². The zero-order chi connectivity index (χ0) is 12.8. The number of anilines is 2. The van der Waals surface area contributed by atoms with Crippen LogP contribution in [-0.4, -0.2) is 44.3 Å². The molecule has 0 spiro atoms. The van der Waals surface area contributed by atoms with Gasteiger partial charge in [-0.3, -0.25) is 0 Å². The number of ether oxygens (including phenoxy) is 2. The van der Waals surface area contributed by atoms with Crippen molar-refractivity contribution in [2.75, 3.05) is 44.5 Å². The summed E-state index contributed by atoms with van der Waals surface area (Å²) in [6.45, 7) is 3.29. The average molecular weight is 259 g/mol. The first-order valence-corrected chi connectivity index (χ1v) is 6.01. The van der Waals surface area contributed by atoms with Crippen LogP contribution in [0.1, 0.15) is 17.3 Å². The van der Waals surface area contributed by atoms with Crippen LogP contribution in [0.25, 0.3) is 0 Å². The maximum atomic E-state index is 11.7. The smallest absolute Gasteiger partial charge is 0.345 e. The van der Waals surface area contributed by atoms with Gasteiger partial charge in [-0.05, 0) is 18.5 Å². The highest BCUT2D eigenvalue weighted by atomic mass is 32.1. The molecule has 0 saturated carbocycles. The minimum atomic E-state index is -0.432. The molecule has 1 aromatic heterocycles. The van der Waals surface area contributed by atoms with Crippen LogP contribution in [-0.2, 0) is 9.47 Å². The molecule has 1 aromatic rings. The molecule has 0 aliphatic rings. The van der Waals surface area contributed by atoms with E-state index in [2.05, 4.69) is 4.37 Å². The lowest BCUT2D eigenvalue weighted by Crippen LogP contribution is -2.23. The van der Waals surface area contributed by atoms with E-state index >= 15 is 0 Å². The van der Waals surface area contributed by atoms with Crippen molar-refractivity contribution in [3.8, 4) is 0 Å². The van der Waals surface area contributed by atoms with Crippen molar-refractivity contribution in [3.05, 3.63) is 5.56 Å². The summed E-state index contributed by atoms with van der Waals surface area (Å²) in [6, 6.07) is 0. The Kier molecular flexibility index (Phi) is 5.17. The van der Waals surface area contributed by atoms with Crippen LogP contribution >= 0.6 is 11.5 Å². The van der Waals surface area contributed by atoms with Gasteiger partial charge >= 0.3 is 5.97 Å². The standard InChI is InChI=1S/C10H17N3O3S/c1-4-16-10(14)7-8(11)12-17-9(7)13(2)5-6-15-3/h4-6H2,1-3H3,(H2,11,12). The number of likely N-dealkylation sites (N-methyl/N-ethyl adjacent to an activating group) is 1. The van der Waals surface area contributed by atoms with Gasteiger partial charge in [0.25, 0.3) is 0 Å². The van der Waals surface area contributed by atoms with E-state index in [1.807, 2.05) is 11.9 Å². The second-order valence-electron chi connectivity index (χ2n) is 3.38. The molecule has 2 N–H and O–H groups in total. The Morgan fingerprint density at radius 2 is 2.29 bits per heavy atom. The lowest BCUT2D eigenvalue weighted by Gasteiger charge is -2.17. The van der Waals surface area contributed by atoms with Gasteiger partial charge in [0.15, 0.2) is 5.82 Å². The lowest BCUT2D eigenvalue weighted by atomic mass is 10.3. The molecule has 96 valence electrons. The first kappa shape index (κ1) is 13.7. The van der Waals surface area contributed by atoms with Gasteiger partial charge in [0.1, 0.15) is 10.6 Å². The van der Waals surface area contributed by atoms with Gasteiger partial charge in [-0.25, -0.2) is 4.79 Å². The highest BCUT2D eigenvalue weighted by Gasteiger charge is 2.22. The molecule has 0 aromatic carbocycles. The Labute approximate surface area is 104 Å². The van der Waals surface area contributed by atoms with Crippen LogP contribution in [0.5, 0.6) is 0 Å². The number of hydrogen-bond donors (Lipinski definition) is 1. The summed E-state index contributed by atoms with van der Waals surface area (Å²) in [5.74, 6) is -0.217. The van der Waals surface area contributed by atoms with Crippen LogP contribution in [0.15, 0.2) is 0 Å². The van der Waals surface area contributed by atoms with Crippen LogP contribution < -0.4 is 10.6 Å². The normalized spacial score (nSPS) is 10.3. The molecular formula is C10H17N3O3S. The maximum Gasteiger partial charge on any atom is 0.345 e. The van der Waals surface area contributed by atoms with E-state index < -0.39 is 5.97 Å². The van der Waals surface area contributed by atoms with E-state index in [0.29, 0.717) is 30.3 Å². The second-order valence-corrected chi connectivity index (χ2v) is 4.13. The Morgan fingerprint density at radius 1 is 1.59 bits per heavy atom. The van der Waals surface area contributed by atoms with Gasteiger partial charge in [-0.1, -0.05) is 0 Å². The van der Waals surface area contributed by atoms with Gasteiger partial charge in [-0.2, -0.15) is 4.37 Å².